The van der Waals surface area contributed by atoms with E-state index in [2.05, 4.69) is 38.2 Å². The minimum Gasteiger partial charge on any atom is -0.458 e. The van der Waals surface area contributed by atoms with Crippen molar-refractivity contribution >= 4 is 18.1 Å². The highest BCUT2D eigenvalue weighted by Gasteiger charge is 2.71. The van der Waals surface area contributed by atoms with Gasteiger partial charge in [-0.25, -0.2) is 10.2 Å². The zero-order chi connectivity index (χ0) is 30.1. The van der Waals surface area contributed by atoms with Crippen LogP contribution in [0.3, 0.4) is 0 Å². The van der Waals surface area contributed by atoms with E-state index in [1.165, 1.54) is 0 Å². The van der Waals surface area contributed by atoms with Crippen LogP contribution in [0, 0.1) is 28.6 Å². The number of nitrogens with one attached hydrogen (secondary N) is 1. The molecule has 0 bridgehead atoms. The third-order valence-corrected chi connectivity index (χ3v) is 12.1. The maximum Gasteiger partial charge on any atom is 0.331 e. The molecule has 5 aliphatic rings. The molecule has 0 spiro atoms. The van der Waals surface area contributed by atoms with Crippen molar-refractivity contribution in [1.29, 1.82) is 0 Å². The Bertz CT molecular complexity index is 1320. The Morgan fingerprint density at radius 1 is 1.02 bits per heavy atom. The Hall–Kier alpha value is -2.55. The number of carbonyl (C=O) groups excluding carboxylic acids is 2. The lowest BCUT2D eigenvalue weighted by molar-refractivity contribution is -0.237. The molecule has 6 rings (SSSR count). The van der Waals surface area contributed by atoms with E-state index >= 15 is 0 Å². The van der Waals surface area contributed by atoms with Crippen LogP contribution in [0.5, 0.6) is 0 Å². The fourth-order valence-corrected chi connectivity index (χ4v) is 9.75. The number of nitrogens with zero attached hydrogens (tertiary/aromatic N) is 1. The summed E-state index contributed by atoms with van der Waals surface area (Å²) in [7, 11) is 0. The molecule has 1 aromatic carbocycles. The van der Waals surface area contributed by atoms with Gasteiger partial charge in [0.1, 0.15) is 6.61 Å². The summed E-state index contributed by atoms with van der Waals surface area (Å²) in [4.78, 5) is 24.9. The zero-order valence-corrected chi connectivity index (χ0v) is 25.4. The summed E-state index contributed by atoms with van der Waals surface area (Å²) in [6, 6.07) is 7.53. The number of hydrazone groups is 1. The Labute approximate surface area is 248 Å². The van der Waals surface area contributed by atoms with Crippen LogP contribution in [0.4, 0.5) is 0 Å². The van der Waals surface area contributed by atoms with Gasteiger partial charge in [0.15, 0.2) is 0 Å². The second-order valence-electron chi connectivity index (χ2n) is 15.0. The number of benzene rings is 1. The summed E-state index contributed by atoms with van der Waals surface area (Å²) in [5.41, 5.74) is 2.02. The first-order valence-electron chi connectivity index (χ1n) is 15.7. The van der Waals surface area contributed by atoms with Gasteiger partial charge in [0.05, 0.1) is 17.3 Å². The molecule has 1 amide bonds. The Morgan fingerprint density at radius 2 is 1.74 bits per heavy atom. The van der Waals surface area contributed by atoms with Crippen LogP contribution in [0.15, 0.2) is 41.0 Å². The number of esters is 1. The molecule has 4 saturated carbocycles. The Kier molecular flexibility index (Phi) is 7.03. The summed E-state index contributed by atoms with van der Waals surface area (Å²) in [5, 5.41) is 39.8. The highest BCUT2D eigenvalue weighted by Crippen LogP contribution is 2.70. The first-order chi connectivity index (χ1) is 19.7. The van der Waals surface area contributed by atoms with Gasteiger partial charge in [-0.1, -0.05) is 39.8 Å². The lowest BCUT2D eigenvalue weighted by Gasteiger charge is -2.65. The number of aliphatic hydroxyl groups is 3. The van der Waals surface area contributed by atoms with Gasteiger partial charge >= 0.3 is 5.97 Å². The number of ether oxygens (including phenoxy) is 1. The maximum absolute atomic E-state index is 13.0. The van der Waals surface area contributed by atoms with Crippen molar-refractivity contribution in [2.45, 2.75) is 108 Å². The van der Waals surface area contributed by atoms with E-state index in [4.69, 9.17) is 4.74 Å². The monoisotopic (exact) mass is 578 g/mol. The number of rotatable bonds is 4. The normalized spacial score (nSPS) is 41.5. The van der Waals surface area contributed by atoms with E-state index < -0.39 is 28.1 Å². The molecule has 0 unspecified atom stereocenters. The fraction of sp³-hybridized carbons (Fsp3) is 0.676. The van der Waals surface area contributed by atoms with Gasteiger partial charge in [0.2, 0.25) is 0 Å². The molecular formula is C34H46N2O6. The largest absolute Gasteiger partial charge is 0.458 e. The van der Waals surface area contributed by atoms with E-state index in [1.54, 1.807) is 24.4 Å². The lowest BCUT2D eigenvalue weighted by Crippen LogP contribution is -2.68. The van der Waals surface area contributed by atoms with Gasteiger partial charge in [-0.15, -0.1) is 0 Å². The molecule has 8 atom stereocenters. The molecule has 0 aromatic heterocycles. The molecule has 4 aliphatic carbocycles. The van der Waals surface area contributed by atoms with E-state index in [1.807, 2.05) is 12.1 Å². The van der Waals surface area contributed by atoms with Crippen molar-refractivity contribution in [2.75, 3.05) is 6.61 Å². The SMILES string of the molecule is CC(C)(C)c1ccc(C(=O)N/N=C\[C@]23CC[C@@H](O)C[C@]2(O)CC[C@@H]2[C@@H]3CC[C@]3(C)[C@H](C4=CC(=O)OC4)CC[C@]23O)cc1. The van der Waals surface area contributed by atoms with Crippen molar-refractivity contribution in [1.82, 2.24) is 5.43 Å². The molecule has 8 nitrogen and oxygen atoms in total. The number of hydrogen-bond acceptors (Lipinski definition) is 7. The Morgan fingerprint density at radius 3 is 2.40 bits per heavy atom. The standard InChI is InChI=1S/C34H46N2O6/c1-30(2,3)23-7-5-21(6-8-23)29(39)36-35-20-32-14-9-24(37)18-33(32,40)15-11-27-26(32)10-13-31(4)25(12-16-34(27,31)41)22-17-28(38)42-19-22/h5-8,17,20,24-27,37,40-41H,9-16,18-19H2,1-4H3,(H,36,39)/b35-20-/t24-,25+,26+,27-,31-,32+,33-,34+/m1/s1. The van der Waals surface area contributed by atoms with Crippen molar-refractivity contribution in [3.63, 3.8) is 0 Å². The molecule has 1 heterocycles. The Balaban J connectivity index is 1.28. The van der Waals surface area contributed by atoms with Crippen LogP contribution >= 0.6 is 0 Å². The van der Waals surface area contributed by atoms with Gasteiger partial charge in [0.25, 0.3) is 5.91 Å². The average Bonchev–Trinajstić information content (AvgIpc) is 3.48. The number of amides is 1. The molecular weight excluding hydrogens is 532 g/mol. The highest BCUT2D eigenvalue weighted by atomic mass is 16.5. The first kappa shape index (κ1) is 29.5. The van der Waals surface area contributed by atoms with Crippen molar-refractivity contribution < 1.29 is 29.6 Å². The topological polar surface area (TPSA) is 128 Å². The van der Waals surface area contributed by atoms with Gasteiger partial charge in [-0.3, -0.25) is 4.79 Å². The third-order valence-electron chi connectivity index (χ3n) is 12.1. The van der Waals surface area contributed by atoms with Crippen LogP contribution < -0.4 is 5.43 Å². The predicted molar refractivity (Wildman–Crippen MR) is 159 cm³/mol. The van der Waals surface area contributed by atoms with Gasteiger partial charge in [-0.2, -0.15) is 5.10 Å². The lowest BCUT2D eigenvalue weighted by atomic mass is 9.41. The van der Waals surface area contributed by atoms with E-state index in [0.29, 0.717) is 44.3 Å². The van der Waals surface area contributed by atoms with Crippen LogP contribution in [0.25, 0.3) is 0 Å². The van der Waals surface area contributed by atoms with Gasteiger partial charge in [0, 0.05) is 35.1 Å². The molecule has 4 fully saturated rings. The van der Waals surface area contributed by atoms with Crippen LogP contribution in [0.2, 0.25) is 0 Å². The van der Waals surface area contributed by atoms with Crippen LogP contribution in [-0.4, -0.2) is 57.3 Å². The summed E-state index contributed by atoms with van der Waals surface area (Å²) >= 11 is 0. The van der Waals surface area contributed by atoms with E-state index in [-0.39, 0.29) is 41.5 Å². The van der Waals surface area contributed by atoms with Crippen LogP contribution in [-0.2, 0) is 14.9 Å². The maximum atomic E-state index is 13.0. The van der Waals surface area contributed by atoms with Crippen molar-refractivity contribution in [2.24, 2.45) is 33.7 Å². The quantitative estimate of drug-likeness (QED) is 0.238. The fourth-order valence-electron chi connectivity index (χ4n) is 9.75. The number of aliphatic hydroxyl groups excluding tert-OH is 1. The molecule has 1 aromatic rings. The molecule has 8 heteroatoms. The number of cyclic esters (lactones) is 1. The van der Waals surface area contributed by atoms with Crippen LogP contribution in [0.1, 0.15) is 101 Å². The minimum atomic E-state index is -1.18. The highest BCUT2D eigenvalue weighted by molar-refractivity contribution is 5.94. The van der Waals surface area contributed by atoms with Crippen molar-refractivity contribution in [3.8, 4) is 0 Å². The summed E-state index contributed by atoms with van der Waals surface area (Å²) in [6.07, 6.45) is 8.18. The predicted octanol–water partition coefficient (Wildman–Crippen LogP) is 4.41. The summed E-state index contributed by atoms with van der Waals surface area (Å²) < 4.78 is 5.25. The van der Waals surface area contributed by atoms with Gasteiger partial charge in [-0.05, 0) is 97.8 Å². The molecule has 1 aliphatic heterocycles. The summed E-state index contributed by atoms with van der Waals surface area (Å²) in [5.74, 6) is -0.656. The zero-order valence-electron chi connectivity index (χ0n) is 25.4. The average molecular weight is 579 g/mol. The molecule has 0 radical (unpaired) electrons. The molecule has 42 heavy (non-hydrogen) atoms. The van der Waals surface area contributed by atoms with Gasteiger partial charge < -0.3 is 20.1 Å². The third kappa shape index (κ3) is 4.39. The number of hydrogen-bond donors (Lipinski definition) is 4. The minimum absolute atomic E-state index is 0.0153. The number of carbonyl (C=O) groups is 2. The van der Waals surface area contributed by atoms with Crippen molar-refractivity contribution in [3.05, 3.63) is 47.0 Å². The number of fused-ring (bicyclic) bond motifs is 5. The second kappa shape index (κ2) is 10.00. The molecule has 4 N–H and O–H groups in total. The molecule has 228 valence electrons. The second-order valence-corrected chi connectivity index (χ2v) is 15.0. The smallest absolute Gasteiger partial charge is 0.331 e. The first-order valence-corrected chi connectivity index (χ1v) is 15.7. The van der Waals surface area contributed by atoms with E-state index in [0.717, 1.165) is 30.4 Å². The van der Waals surface area contributed by atoms with E-state index in [9.17, 15) is 24.9 Å². The molecule has 0 saturated heterocycles. The summed E-state index contributed by atoms with van der Waals surface area (Å²) in [6.45, 7) is 8.85.